The number of carbonyl (C=O) groups is 1. The number of fused-ring (bicyclic) bond motifs is 3. The van der Waals surface area contributed by atoms with E-state index >= 15 is 0 Å². The topological polar surface area (TPSA) is 105 Å². The average molecular weight is 565 g/mol. The SMILES string of the molecule is Cc1ccc(S(=O)(=O)N2c3ccccc3-c3ccccc3C2C(CCc2ccc(C3=NCCN3)cc2)C(N)=O)cc1. The van der Waals surface area contributed by atoms with Crippen LogP contribution in [-0.4, -0.2) is 33.3 Å². The highest BCUT2D eigenvalue weighted by Gasteiger charge is 2.44. The fraction of sp³-hybridized carbons (Fsp3) is 0.212. The predicted octanol–water partition coefficient (Wildman–Crippen LogP) is 5.00. The Bertz CT molecular complexity index is 1730. The van der Waals surface area contributed by atoms with E-state index in [2.05, 4.69) is 10.3 Å². The number of para-hydroxylation sites is 1. The Kier molecular flexibility index (Phi) is 7.09. The number of aliphatic imine (C=N–C) groups is 1. The van der Waals surface area contributed by atoms with Crippen LogP contribution < -0.4 is 15.4 Å². The molecule has 1 amide bonds. The quantitative estimate of drug-likeness (QED) is 0.314. The summed E-state index contributed by atoms with van der Waals surface area (Å²) in [6, 6.07) is 29.3. The number of primary amides is 1. The summed E-state index contributed by atoms with van der Waals surface area (Å²) in [6.45, 7) is 3.52. The average Bonchev–Trinajstić information content (AvgIpc) is 3.53. The van der Waals surface area contributed by atoms with Crippen molar-refractivity contribution in [2.24, 2.45) is 16.6 Å². The molecule has 0 aromatic heterocycles. The van der Waals surface area contributed by atoms with Crippen molar-refractivity contribution in [3.8, 4) is 11.1 Å². The summed E-state index contributed by atoms with van der Waals surface area (Å²) in [6.07, 6.45) is 0.946. The van der Waals surface area contributed by atoms with Gasteiger partial charge in [0.15, 0.2) is 0 Å². The number of nitrogens with zero attached hydrogens (tertiary/aromatic N) is 2. The van der Waals surface area contributed by atoms with Gasteiger partial charge in [0.1, 0.15) is 5.84 Å². The number of sulfonamides is 1. The lowest BCUT2D eigenvalue weighted by atomic mass is 9.81. The molecule has 7 nitrogen and oxygen atoms in total. The lowest BCUT2D eigenvalue weighted by Gasteiger charge is -2.42. The van der Waals surface area contributed by atoms with Gasteiger partial charge in [-0.1, -0.05) is 84.4 Å². The number of rotatable bonds is 8. The maximum atomic E-state index is 14.4. The van der Waals surface area contributed by atoms with Crippen molar-refractivity contribution in [1.82, 2.24) is 5.32 Å². The molecule has 6 rings (SSSR count). The second-order valence-corrected chi connectivity index (χ2v) is 12.4. The maximum absolute atomic E-state index is 14.4. The number of aryl methyl sites for hydroxylation is 2. The van der Waals surface area contributed by atoms with Gasteiger partial charge < -0.3 is 11.1 Å². The fourth-order valence-electron chi connectivity index (χ4n) is 5.85. The van der Waals surface area contributed by atoms with Crippen molar-refractivity contribution < 1.29 is 13.2 Å². The predicted molar refractivity (Wildman–Crippen MR) is 162 cm³/mol. The van der Waals surface area contributed by atoms with Crippen molar-refractivity contribution in [1.29, 1.82) is 0 Å². The first kappa shape index (κ1) is 26.8. The normalized spacial score (nSPS) is 16.8. The third kappa shape index (κ3) is 5.00. The van der Waals surface area contributed by atoms with Gasteiger partial charge in [-0.25, -0.2) is 8.42 Å². The Hall–Kier alpha value is -4.43. The molecule has 0 saturated carbocycles. The van der Waals surface area contributed by atoms with Gasteiger partial charge in [-0.2, -0.15) is 0 Å². The Morgan fingerprint density at radius 3 is 2.32 bits per heavy atom. The van der Waals surface area contributed by atoms with Crippen LogP contribution in [0.1, 0.15) is 34.7 Å². The van der Waals surface area contributed by atoms with Gasteiger partial charge in [0.25, 0.3) is 10.0 Å². The van der Waals surface area contributed by atoms with E-state index in [0.717, 1.165) is 52.3 Å². The first-order chi connectivity index (χ1) is 19.8. The van der Waals surface area contributed by atoms with E-state index in [1.54, 1.807) is 30.3 Å². The first-order valence-electron chi connectivity index (χ1n) is 13.8. The summed E-state index contributed by atoms with van der Waals surface area (Å²) < 4.78 is 30.2. The molecule has 4 aromatic rings. The molecule has 0 saturated heterocycles. The van der Waals surface area contributed by atoms with E-state index in [-0.39, 0.29) is 4.90 Å². The third-order valence-electron chi connectivity index (χ3n) is 7.93. The highest BCUT2D eigenvalue weighted by atomic mass is 32.2. The molecule has 2 atom stereocenters. The van der Waals surface area contributed by atoms with E-state index < -0.39 is 27.9 Å². The minimum absolute atomic E-state index is 0.171. The summed E-state index contributed by atoms with van der Waals surface area (Å²) in [5, 5.41) is 3.28. The molecule has 4 aromatic carbocycles. The summed E-state index contributed by atoms with van der Waals surface area (Å²) >= 11 is 0. The van der Waals surface area contributed by atoms with Crippen LogP contribution in [0.5, 0.6) is 0 Å². The lowest BCUT2D eigenvalue weighted by molar-refractivity contribution is -0.122. The largest absolute Gasteiger partial charge is 0.369 e. The highest BCUT2D eigenvalue weighted by molar-refractivity contribution is 7.92. The molecule has 8 heteroatoms. The van der Waals surface area contributed by atoms with Crippen LogP contribution in [0.25, 0.3) is 11.1 Å². The van der Waals surface area contributed by atoms with Crippen molar-refractivity contribution in [2.75, 3.05) is 17.4 Å². The minimum atomic E-state index is -4.06. The van der Waals surface area contributed by atoms with Gasteiger partial charge in [0.05, 0.1) is 29.1 Å². The highest BCUT2D eigenvalue weighted by Crippen LogP contribution is 2.50. The Labute approximate surface area is 240 Å². The van der Waals surface area contributed by atoms with E-state index in [1.165, 1.54) is 4.31 Å². The molecule has 2 unspecified atom stereocenters. The van der Waals surface area contributed by atoms with Crippen LogP contribution in [0.15, 0.2) is 107 Å². The molecule has 0 aliphatic carbocycles. The number of benzene rings is 4. The molecular weight excluding hydrogens is 532 g/mol. The van der Waals surface area contributed by atoms with E-state index in [4.69, 9.17) is 5.73 Å². The lowest BCUT2D eigenvalue weighted by Crippen LogP contribution is -2.45. The summed E-state index contributed by atoms with van der Waals surface area (Å²) in [5.74, 6) is -0.416. The summed E-state index contributed by atoms with van der Waals surface area (Å²) in [7, 11) is -4.06. The van der Waals surface area contributed by atoms with Crippen LogP contribution in [0, 0.1) is 12.8 Å². The second kappa shape index (κ2) is 10.9. The number of amidine groups is 1. The number of amides is 1. The summed E-state index contributed by atoms with van der Waals surface area (Å²) in [4.78, 5) is 17.8. The zero-order valence-corrected chi connectivity index (χ0v) is 23.6. The fourth-order valence-corrected chi connectivity index (χ4v) is 7.54. The molecule has 3 N–H and O–H groups in total. The zero-order chi connectivity index (χ0) is 28.6. The molecule has 0 fully saturated rings. The van der Waals surface area contributed by atoms with Gasteiger partial charge in [-0.3, -0.25) is 14.1 Å². The van der Waals surface area contributed by atoms with Gasteiger partial charge in [-0.05, 0) is 54.7 Å². The van der Waals surface area contributed by atoms with Gasteiger partial charge in [-0.15, -0.1) is 0 Å². The number of nitrogens with two attached hydrogens (primary N) is 1. The van der Waals surface area contributed by atoms with Crippen molar-refractivity contribution in [3.05, 3.63) is 119 Å². The Morgan fingerprint density at radius 1 is 0.951 bits per heavy atom. The second-order valence-electron chi connectivity index (χ2n) is 10.6. The molecule has 41 heavy (non-hydrogen) atoms. The van der Waals surface area contributed by atoms with Crippen LogP contribution in [-0.2, 0) is 21.2 Å². The number of nitrogens with one attached hydrogen (secondary N) is 1. The van der Waals surface area contributed by atoms with E-state index in [9.17, 15) is 13.2 Å². The summed E-state index contributed by atoms with van der Waals surface area (Å²) in [5.41, 5.74) is 12.1. The molecular formula is C33H32N4O3S. The van der Waals surface area contributed by atoms with Gasteiger partial charge >= 0.3 is 0 Å². The Balaban J connectivity index is 1.42. The number of hydrogen-bond donors (Lipinski definition) is 2. The Morgan fingerprint density at radius 2 is 1.63 bits per heavy atom. The van der Waals surface area contributed by atoms with Crippen molar-refractivity contribution in [3.63, 3.8) is 0 Å². The van der Waals surface area contributed by atoms with Gasteiger partial charge in [0.2, 0.25) is 5.91 Å². The number of hydrogen-bond acceptors (Lipinski definition) is 5. The van der Waals surface area contributed by atoms with Crippen molar-refractivity contribution >= 4 is 27.5 Å². The van der Waals surface area contributed by atoms with Crippen LogP contribution >= 0.6 is 0 Å². The number of anilines is 1. The molecule has 2 aliphatic heterocycles. The molecule has 2 aliphatic rings. The van der Waals surface area contributed by atoms with Gasteiger partial charge in [0, 0.05) is 17.7 Å². The molecule has 0 radical (unpaired) electrons. The molecule has 208 valence electrons. The molecule has 0 bridgehead atoms. The maximum Gasteiger partial charge on any atom is 0.264 e. The zero-order valence-electron chi connectivity index (χ0n) is 22.8. The van der Waals surface area contributed by atoms with E-state index in [1.807, 2.05) is 73.7 Å². The van der Waals surface area contributed by atoms with Crippen LogP contribution in [0.3, 0.4) is 0 Å². The minimum Gasteiger partial charge on any atom is -0.369 e. The van der Waals surface area contributed by atoms with Crippen molar-refractivity contribution in [2.45, 2.75) is 30.7 Å². The van der Waals surface area contributed by atoms with Crippen LogP contribution in [0.2, 0.25) is 0 Å². The van der Waals surface area contributed by atoms with E-state index in [0.29, 0.717) is 18.5 Å². The molecule has 2 heterocycles. The standard InChI is InChI=1S/C33H32N4O3S/c1-22-10-17-25(18-11-22)41(39,40)37-30-9-5-4-7-27(30)26-6-2-3-8-28(26)31(37)29(32(34)38)19-14-23-12-15-24(16-13-23)33-35-20-21-36-33/h2-13,15-18,29,31H,14,19-21H2,1H3,(H2,34,38)(H,35,36). The third-order valence-corrected chi connectivity index (χ3v) is 9.74. The molecule has 0 spiro atoms. The monoisotopic (exact) mass is 564 g/mol. The smallest absolute Gasteiger partial charge is 0.264 e. The van der Waals surface area contributed by atoms with Crippen LogP contribution in [0.4, 0.5) is 5.69 Å². The first-order valence-corrected chi connectivity index (χ1v) is 15.2. The number of carbonyl (C=O) groups excluding carboxylic acids is 1.